The summed E-state index contributed by atoms with van der Waals surface area (Å²) in [6.45, 7) is 0.0590. The van der Waals surface area contributed by atoms with Crippen molar-refractivity contribution in [3.63, 3.8) is 0 Å². The molecule has 1 fully saturated rings. The van der Waals surface area contributed by atoms with Gasteiger partial charge in [-0.25, -0.2) is 0 Å². The van der Waals surface area contributed by atoms with Gasteiger partial charge in [0.15, 0.2) is 0 Å². The van der Waals surface area contributed by atoms with Crippen molar-refractivity contribution in [1.29, 1.82) is 5.26 Å². The monoisotopic (exact) mass is 234 g/mol. The van der Waals surface area contributed by atoms with Gasteiger partial charge in [0, 0.05) is 19.6 Å². The van der Waals surface area contributed by atoms with Crippen molar-refractivity contribution in [2.24, 2.45) is 4.99 Å². The van der Waals surface area contributed by atoms with Crippen molar-refractivity contribution in [2.75, 3.05) is 19.6 Å². The zero-order chi connectivity index (χ0) is 10.8. The number of nitrogens with zero attached hydrogens (tertiary/aromatic N) is 4. The molecule has 0 bridgehead atoms. The van der Waals surface area contributed by atoms with E-state index in [-0.39, 0.29) is 5.96 Å². The standard InChI is InChI=1S/C6H11N4O2PS/c1-2-9-3-4-10(13(11,12)14)6(9)8-5-7/h2-4H2,1H3,(H2,11,12,14). The van der Waals surface area contributed by atoms with Crippen molar-refractivity contribution in [1.82, 2.24) is 9.57 Å². The molecule has 0 amide bonds. The molecular formula is C6H11N4O2PS. The molecule has 0 unspecified atom stereocenters. The van der Waals surface area contributed by atoms with Crippen LogP contribution in [0.15, 0.2) is 4.99 Å². The molecule has 1 rings (SSSR count). The Kier molecular flexibility index (Phi) is 3.45. The Hall–Kier alpha value is -0.670. The van der Waals surface area contributed by atoms with Gasteiger partial charge in [-0.05, 0) is 18.7 Å². The molecule has 0 atom stereocenters. The Morgan fingerprint density at radius 3 is 2.71 bits per heavy atom. The molecule has 0 aromatic carbocycles. The number of likely N-dealkylation sites (N-methyl/N-ethyl adjacent to an activating group) is 1. The fourth-order valence-corrected chi connectivity index (χ4v) is 2.52. The van der Waals surface area contributed by atoms with Crippen LogP contribution in [-0.2, 0) is 11.8 Å². The van der Waals surface area contributed by atoms with Crippen LogP contribution in [0.4, 0.5) is 0 Å². The lowest BCUT2D eigenvalue weighted by Crippen LogP contribution is -2.31. The average Bonchev–Trinajstić information content (AvgIpc) is 2.47. The summed E-state index contributed by atoms with van der Waals surface area (Å²) >= 11 is 4.57. The summed E-state index contributed by atoms with van der Waals surface area (Å²) in [5.41, 5.74) is 0. The molecule has 1 aliphatic heterocycles. The minimum Gasteiger partial charge on any atom is -0.340 e. The third-order valence-electron chi connectivity index (χ3n) is 1.94. The van der Waals surface area contributed by atoms with Crippen LogP contribution in [0.3, 0.4) is 0 Å². The minimum absolute atomic E-state index is 0.267. The molecule has 0 saturated carbocycles. The van der Waals surface area contributed by atoms with E-state index in [1.807, 2.05) is 6.92 Å². The highest BCUT2D eigenvalue weighted by molar-refractivity contribution is 8.08. The first-order chi connectivity index (χ1) is 6.50. The number of guanidine groups is 1. The van der Waals surface area contributed by atoms with E-state index >= 15 is 0 Å². The van der Waals surface area contributed by atoms with Crippen LogP contribution in [-0.4, -0.2) is 45.0 Å². The van der Waals surface area contributed by atoms with Crippen molar-refractivity contribution >= 4 is 24.4 Å². The zero-order valence-corrected chi connectivity index (χ0v) is 9.37. The van der Waals surface area contributed by atoms with Gasteiger partial charge in [-0.15, -0.1) is 4.99 Å². The lowest BCUT2D eigenvalue weighted by atomic mass is 10.6. The lowest BCUT2D eigenvalue weighted by Gasteiger charge is -2.23. The Bertz CT molecular complexity index is 333. The molecule has 0 aliphatic carbocycles. The highest BCUT2D eigenvalue weighted by Crippen LogP contribution is 2.42. The van der Waals surface area contributed by atoms with Crippen LogP contribution >= 0.6 is 6.64 Å². The largest absolute Gasteiger partial charge is 0.340 e. The van der Waals surface area contributed by atoms with Crippen LogP contribution in [0.2, 0.25) is 0 Å². The number of hydrogen-bond donors (Lipinski definition) is 2. The fraction of sp³-hybridized carbons (Fsp3) is 0.667. The molecule has 2 N–H and O–H groups in total. The molecule has 8 heteroatoms. The third-order valence-corrected chi connectivity index (χ3v) is 3.54. The molecule has 0 aromatic rings. The first-order valence-corrected chi connectivity index (χ1v) is 6.72. The van der Waals surface area contributed by atoms with Crippen LogP contribution < -0.4 is 0 Å². The molecule has 78 valence electrons. The quantitative estimate of drug-likeness (QED) is 0.503. The van der Waals surface area contributed by atoms with E-state index in [1.165, 1.54) is 4.67 Å². The van der Waals surface area contributed by atoms with Gasteiger partial charge in [0.1, 0.15) is 0 Å². The summed E-state index contributed by atoms with van der Waals surface area (Å²) in [6.07, 6.45) is 1.63. The maximum absolute atomic E-state index is 9.32. The molecule has 1 aliphatic rings. The summed E-state index contributed by atoms with van der Waals surface area (Å²) in [4.78, 5) is 23.9. The summed E-state index contributed by atoms with van der Waals surface area (Å²) in [5.74, 6) is 0.267. The summed E-state index contributed by atoms with van der Waals surface area (Å²) in [5, 5.41) is 8.45. The molecule has 6 nitrogen and oxygen atoms in total. The Morgan fingerprint density at radius 1 is 1.64 bits per heavy atom. The van der Waals surface area contributed by atoms with E-state index < -0.39 is 6.64 Å². The van der Waals surface area contributed by atoms with Crippen LogP contribution in [0.1, 0.15) is 6.92 Å². The smallest absolute Gasteiger partial charge is 0.287 e. The van der Waals surface area contributed by atoms with E-state index in [2.05, 4.69) is 16.8 Å². The second-order valence-electron chi connectivity index (χ2n) is 2.73. The Labute approximate surface area is 87.3 Å². The predicted molar refractivity (Wildman–Crippen MR) is 55.7 cm³/mol. The lowest BCUT2D eigenvalue weighted by molar-refractivity contribution is 0.419. The van der Waals surface area contributed by atoms with Gasteiger partial charge in [-0.1, -0.05) is 0 Å². The van der Waals surface area contributed by atoms with Gasteiger partial charge >= 0.3 is 0 Å². The number of nitriles is 1. The molecule has 14 heavy (non-hydrogen) atoms. The van der Waals surface area contributed by atoms with Gasteiger partial charge in [0.05, 0.1) is 0 Å². The van der Waals surface area contributed by atoms with Crippen LogP contribution in [0.25, 0.3) is 0 Å². The molecule has 0 radical (unpaired) electrons. The normalized spacial score (nSPS) is 20.3. The van der Waals surface area contributed by atoms with Crippen LogP contribution in [0.5, 0.6) is 0 Å². The number of hydrogen-bond acceptors (Lipinski definition) is 3. The van der Waals surface area contributed by atoms with Gasteiger partial charge in [-0.3, -0.25) is 4.67 Å². The predicted octanol–water partition coefficient (Wildman–Crippen LogP) is -0.330. The van der Waals surface area contributed by atoms with Gasteiger partial charge in [0.2, 0.25) is 12.2 Å². The van der Waals surface area contributed by atoms with E-state index in [0.717, 1.165) is 0 Å². The molecule has 0 spiro atoms. The van der Waals surface area contributed by atoms with E-state index in [0.29, 0.717) is 19.6 Å². The van der Waals surface area contributed by atoms with Crippen LogP contribution in [0, 0.1) is 11.5 Å². The number of rotatable bonds is 2. The molecule has 0 aromatic heterocycles. The summed E-state index contributed by atoms with van der Waals surface area (Å²) < 4.78 is 1.22. The highest BCUT2D eigenvalue weighted by Gasteiger charge is 2.33. The molecule has 1 saturated heterocycles. The van der Waals surface area contributed by atoms with Gasteiger partial charge < -0.3 is 14.7 Å². The molecule has 1 heterocycles. The SMILES string of the molecule is CCN1CCN(P(O)(O)=S)C1=NC#N. The first-order valence-electron chi connectivity index (χ1n) is 4.06. The third kappa shape index (κ3) is 2.22. The van der Waals surface area contributed by atoms with E-state index in [4.69, 9.17) is 5.26 Å². The zero-order valence-electron chi connectivity index (χ0n) is 7.66. The van der Waals surface area contributed by atoms with Crippen molar-refractivity contribution < 1.29 is 9.79 Å². The second kappa shape index (κ2) is 4.24. The molecular weight excluding hydrogens is 223 g/mol. The Balaban J connectivity index is 2.97. The summed E-state index contributed by atoms with van der Waals surface area (Å²) in [6, 6.07) is 0. The highest BCUT2D eigenvalue weighted by atomic mass is 32.5. The van der Waals surface area contributed by atoms with E-state index in [1.54, 1.807) is 11.1 Å². The second-order valence-corrected chi connectivity index (χ2v) is 5.71. The first kappa shape index (κ1) is 11.4. The number of aliphatic imine (C=N–C) groups is 1. The average molecular weight is 234 g/mol. The van der Waals surface area contributed by atoms with Gasteiger partial charge in [-0.2, -0.15) is 5.26 Å². The van der Waals surface area contributed by atoms with Crippen molar-refractivity contribution in [2.45, 2.75) is 6.92 Å². The maximum atomic E-state index is 9.32. The topological polar surface area (TPSA) is 83.1 Å². The minimum atomic E-state index is -3.51. The maximum Gasteiger partial charge on any atom is 0.287 e. The van der Waals surface area contributed by atoms with Crippen molar-refractivity contribution in [3.05, 3.63) is 0 Å². The van der Waals surface area contributed by atoms with Crippen molar-refractivity contribution in [3.8, 4) is 6.19 Å². The summed E-state index contributed by atoms with van der Waals surface area (Å²) in [7, 11) is 0. The van der Waals surface area contributed by atoms with E-state index in [9.17, 15) is 9.79 Å². The van der Waals surface area contributed by atoms with Gasteiger partial charge in [0.25, 0.3) is 6.64 Å². The fourth-order valence-electron chi connectivity index (χ4n) is 1.30. The Morgan fingerprint density at radius 2 is 2.29 bits per heavy atom.